The number of phenols is 2. The molecule has 0 spiro atoms. The Morgan fingerprint density at radius 2 is 1.77 bits per heavy atom. The Labute approximate surface area is 129 Å². The molecule has 0 saturated heterocycles. The first-order valence-corrected chi connectivity index (χ1v) is 6.58. The third-order valence-electron chi connectivity index (χ3n) is 3.34. The summed E-state index contributed by atoms with van der Waals surface area (Å²) >= 11 is 5.69. The monoisotopic (exact) mass is 318 g/mol. The molecule has 0 heterocycles. The van der Waals surface area contributed by atoms with Gasteiger partial charge in [0.1, 0.15) is 17.3 Å². The van der Waals surface area contributed by atoms with E-state index in [2.05, 4.69) is 0 Å². The van der Waals surface area contributed by atoms with Crippen LogP contribution in [0.1, 0.15) is 26.3 Å². The van der Waals surface area contributed by atoms with Gasteiger partial charge in [0.15, 0.2) is 11.6 Å². The van der Waals surface area contributed by atoms with Crippen LogP contribution < -0.4 is 0 Å². The van der Waals surface area contributed by atoms with E-state index in [-0.39, 0.29) is 33.0 Å². The maximum atomic E-state index is 13.2. The number of rotatable bonds is 1. The number of hydrogen-bond acceptors (Lipinski definition) is 4. The molecule has 0 amide bonds. The fourth-order valence-corrected chi connectivity index (χ4v) is 2.52. The molecule has 1 aliphatic rings. The fraction of sp³-hybridized carbons (Fsp3) is 0. The minimum atomic E-state index is -0.642. The zero-order valence-electron chi connectivity index (χ0n) is 10.9. The van der Waals surface area contributed by atoms with Crippen LogP contribution in [-0.4, -0.2) is 21.8 Å². The van der Waals surface area contributed by atoms with Crippen LogP contribution in [0, 0.1) is 5.82 Å². The summed E-state index contributed by atoms with van der Waals surface area (Å²) in [6, 6.07) is 5.74. The molecule has 0 fully saturated rings. The molecule has 0 aromatic heterocycles. The Morgan fingerprint density at radius 1 is 1.05 bits per heavy atom. The van der Waals surface area contributed by atoms with Gasteiger partial charge in [-0.25, -0.2) is 4.39 Å². The maximum Gasteiger partial charge on any atom is 0.194 e. The largest absolute Gasteiger partial charge is 0.508 e. The third kappa shape index (κ3) is 2.16. The predicted molar refractivity (Wildman–Crippen MR) is 77.8 cm³/mol. The molecule has 4 nitrogen and oxygen atoms in total. The van der Waals surface area contributed by atoms with Gasteiger partial charge >= 0.3 is 0 Å². The molecule has 110 valence electrons. The highest BCUT2D eigenvalue weighted by atomic mass is 35.5. The second kappa shape index (κ2) is 4.96. The summed E-state index contributed by atoms with van der Waals surface area (Å²) in [4.78, 5) is 24.6. The molecule has 6 heteroatoms. The SMILES string of the molecule is O=C1C(c2ccc(F)c(Cl)c2)=CC(=O)c2c(O)cc(O)cc21. The quantitative estimate of drug-likeness (QED) is 0.845. The number of phenolic OH excluding ortho intramolecular Hbond substituents is 2. The number of benzene rings is 2. The summed E-state index contributed by atoms with van der Waals surface area (Å²) in [6.07, 6.45) is 1.06. The van der Waals surface area contributed by atoms with Crippen molar-refractivity contribution < 1.29 is 24.2 Å². The van der Waals surface area contributed by atoms with Crippen molar-refractivity contribution in [1.82, 2.24) is 0 Å². The average molecular weight is 319 g/mol. The Kier molecular flexibility index (Phi) is 3.22. The molecule has 2 N–H and O–H groups in total. The lowest BCUT2D eigenvalue weighted by Gasteiger charge is -2.17. The lowest BCUT2D eigenvalue weighted by Crippen LogP contribution is -2.16. The van der Waals surface area contributed by atoms with Crippen LogP contribution in [0.2, 0.25) is 5.02 Å². The zero-order chi connectivity index (χ0) is 16.0. The number of aromatic hydroxyl groups is 2. The van der Waals surface area contributed by atoms with E-state index < -0.39 is 23.1 Å². The van der Waals surface area contributed by atoms with E-state index >= 15 is 0 Å². The maximum absolute atomic E-state index is 13.2. The van der Waals surface area contributed by atoms with Crippen LogP contribution in [0.5, 0.6) is 11.5 Å². The summed E-state index contributed by atoms with van der Waals surface area (Å²) in [6.45, 7) is 0. The average Bonchev–Trinajstić information content (AvgIpc) is 2.45. The Hall–Kier alpha value is -2.66. The minimum absolute atomic E-state index is 0.0180. The molecule has 0 atom stereocenters. The molecular weight excluding hydrogens is 311 g/mol. The molecule has 0 unspecified atom stereocenters. The number of fused-ring (bicyclic) bond motifs is 1. The van der Waals surface area contributed by atoms with Crippen LogP contribution in [0.3, 0.4) is 0 Å². The number of carbonyl (C=O) groups excluding carboxylic acids is 2. The van der Waals surface area contributed by atoms with Gasteiger partial charge in [0.2, 0.25) is 0 Å². The lowest BCUT2D eigenvalue weighted by molar-refractivity contribution is 0.0999. The fourth-order valence-electron chi connectivity index (χ4n) is 2.34. The number of carbonyl (C=O) groups is 2. The molecule has 22 heavy (non-hydrogen) atoms. The number of hydrogen-bond donors (Lipinski definition) is 2. The summed E-state index contributed by atoms with van der Waals surface area (Å²) in [5, 5.41) is 19.0. The van der Waals surface area contributed by atoms with Crippen molar-refractivity contribution in [3.8, 4) is 11.5 Å². The second-order valence-electron chi connectivity index (χ2n) is 4.77. The Morgan fingerprint density at radius 3 is 2.45 bits per heavy atom. The number of halogens is 2. The standard InChI is InChI=1S/C16H8ClFO4/c17-11-3-7(1-2-12(11)18)9-6-14(21)15-10(16(9)22)4-8(19)5-13(15)20/h1-6,19-20H. The van der Waals surface area contributed by atoms with Gasteiger partial charge in [-0.15, -0.1) is 0 Å². The van der Waals surface area contributed by atoms with Gasteiger partial charge in [-0.05, 0) is 29.8 Å². The van der Waals surface area contributed by atoms with E-state index in [1.165, 1.54) is 12.1 Å². The first-order valence-electron chi connectivity index (χ1n) is 6.20. The molecule has 3 rings (SSSR count). The molecule has 2 aromatic carbocycles. The van der Waals surface area contributed by atoms with Crippen LogP contribution in [0.25, 0.3) is 5.57 Å². The van der Waals surface area contributed by atoms with Crippen molar-refractivity contribution in [2.45, 2.75) is 0 Å². The first-order chi connectivity index (χ1) is 10.4. The van der Waals surface area contributed by atoms with Gasteiger partial charge in [-0.1, -0.05) is 17.7 Å². The van der Waals surface area contributed by atoms with Gasteiger partial charge in [0.25, 0.3) is 0 Å². The van der Waals surface area contributed by atoms with Crippen molar-refractivity contribution in [2.75, 3.05) is 0 Å². The molecule has 0 saturated carbocycles. The highest BCUT2D eigenvalue weighted by Crippen LogP contribution is 2.35. The molecule has 0 aliphatic heterocycles. The summed E-state index contributed by atoms with van der Waals surface area (Å²) in [5.74, 6) is -2.60. The van der Waals surface area contributed by atoms with Crippen molar-refractivity contribution in [3.05, 3.63) is 63.9 Å². The van der Waals surface area contributed by atoms with Crippen molar-refractivity contribution in [3.63, 3.8) is 0 Å². The zero-order valence-corrected chi connectivity index (χ0v) is 11.7. The highest BCUT2D eigenvalue weighted by Gasteiger charge is 2.29. The lowest BCUT2D eigenvalue weighted by atomic mass is 9.85. The summed E-state index contributed by atoms with van der Waals surface area (Å²) < 4.78 is 13.2. The third-order valence-corrected chi connectivity index (χ3v) is 3.63. The molecule has 1 aliphatic carbocycles. The van der Waals surface area contributed by atoms with E-state index in [4.69, 9.17) is 11.6 Å². The summed E-state index contributed by atoms with van der Waals surface area (Å²) in [5.41, 5.74) is 0.0165. The van der Waals surface area contributed by atoms with E-state index in [0.29, 0.717) is 0 Å². The number of allylic oxidation sites excluding steroid dienone is 2. The number of ketones is 2. The van der Waals surface area contributed by atoms with E-state index in [1.54, 1.807) is 0 Å². The van der Waals surface area contributed by atoms with E-state index in [0.717, 1.165) is 24.3 Å². The van der Waals surface area contributed by atoms with Gasteiger partial charge < -0.3 is 10.2 Å². The van der Waals surface area contributed by atoms with Gasteiger partial charge in [0.05, 0.1) is 10.6 Å². The molecule has 0 bridgehead atoms. The first kappa shape index (κ1) is 14.3. The normalized spacial score (nSPS) is 13.8. The van der Waals surface area contributed by atoms with Gasteiger partial charge in [0, 0.05) is 17.2 Å². The van der Waals surface area contributed by atoms with E-state index in [9.17, 15) is 24.2 Å². The smallest absolute Gasteiger partial charge is 0.194 e. The van der Waals surface area contributed by atoms with Crippen molar-refractivity contribution in [1.29, 1.82) is 0 Å². The molecule has 2 aromatic rings. The van der Waals surface area contributed by atoms with E-state index in [1.807, 2.05) is 0 Å². The van der Waals surface area contributed by atoms with Crippen LogP contribution in [0.15, 0.2) is 36.4 Å². The van der Waals surface area contributed by atoms with Gasteiger partial charge in [-0.3, -0.25) is 9.59 Å². The Balaban J connectivity index is 2.18. The molecule has 0 radical (unpaired) electrons. The molecular formula is C16H8ClFO4. The van der Waals surface area contributed by atoms with Crippen LogP contribution in [0.4, 0.5) is 4.39 Å². The summed E-state index contributed by atoms with van der Waals surface area (Å²) in [7, 11) is 0. The topological polar surface area (TPSA) is 74.6 Å². The Bertz CT molecular complexity index is 871. The van der Waals surface area contributed by atoms with Crippen molar-refractivity contribution in [2.24, 2.45) is 0 Å². The van der Waals surface area contributed by atoms with Gasteiger partial charge in [-0.2, -0.15) is 0 Å². The number of Topliss-reactive ketones (excluding diaryl/α,β-unsaturated/α-hetero) is 1. The van der Waals surface area contributed by atoms with Crippen molar-refractivity contribution >= 4 is 28.7 Å². The predicted octanol–water partition coefficient (Wildman–Crippen LogP) is 3.35. The highest BCUT2D eigenvalue weighted by molar-refractivity contribution is 6.39. The van der Waals surface area contributed by atoms with Crippen LogP contribution >= 0.6 is 11.6 Å². The van der Waals surface area contributed by atoms with Crippen LogP contribution in [-0.2, 0) is 0 Å². The minimum Gasteiger partial charge on any atom is -0.508 e. The second-order valence-corrected chi connectivity index (χ2v) is 5.17.